The quantitative estimate of drug-likeness (QED) is 0.710. The summed E-state index contributed by atoms with van der Waals surface area (Å²) in [7, 11) is 0. The normalized spacial score (nSPS) is 21.8. The van der Waals surface area contributed by atoms with Crippen molar-refractivity contribution in [2.45, 2.75) is 65.4 Å². The highest BCUT2D eigenvalue weighted by atomic mass is 16.3. The van der Waals surface area contributed by atoms with Gasteiger partial charge in [0.1, 0.15) is 6.10 Å². The third-order valence-corrected chi connectivity index (χ3v) is 4.49. The van der Waals surface area contributed by atoms with Crippen LogP contribution in [0.3, 0.4) is 0 Å². The van der Waals surface area contributed by atoms with Crippen molar-refractivity contribution >= 4 is 0 Å². The summed E-state index contributed by atoms with van der Waals surface area (Å²) in [5.41, 5.74) is 4.25. The molecule has 110 valence electrons. The second-order valence-corrected chi connectivity index (χ2v) is 6.89. The number of aliphatic hydroxyl groups is 1. The summed E-state index contributed by atoms with van der Waals surface area (Å²) in [4.78, 5) is 0. The zero-order valence-corrected chi connectivity index (χ0v) is 13.2. The molecule has 1 saturated carbocycles. The van der Waals surface area contributed by atoms with Crippen LogP contribution in [0.2, 0.25) is 0 Å². The third-order valence-electron chi connectivity index (χ3n) is 4.49. The molecule has 1 aliphatic rings. The summed E-state index contributed by atoms with van der Waals surface area (Å²) in [6, 6.07) is 10.1. The van der Waals surface area contributed by atoms with Gasteiger partial charge in [-0.2, -0.15) is 0 Å². The first-order valence-corrected chi connectivity index (χ1v) is 7.97. The predicted molar refractivity (Wildman–Crippen MR) is 85.6 cm³/mol. The minimum Gasteiger partial charge on any atom is -0.384 e. The van der Waals surface area contributed by atoms with Crippen molar-refractivity contribution in [2.24, 2.45) is 5.41 Å². The molecule has 1 atom stereocenters. The van der Waals surface area contributed by atoms with Gasteiger partial charge in [-0.05, 0) is 48.7 Å². The molecule has 0 spiro atoms. The summed E-state index contributed by atoms with van der Waals surface area (Å²) in [5.74, 6) is 0. The number of allylic oxidation sites excluding steroid dienone is 1. The zero-order valence-electron chi connectivity index (χ0n) is 13.2. The van der Waals surface area contributed by atoms with E-state index in [1.807, 2.05) is 30.3 Å². The van der Waals surface area contributed by atoms with E-state index in [0.717, 1.165) is 24.8 Å². The van der Waals surface area contributed by atoms with E-state index in [9.17, 15) is 5.11 Å². The summed E-state index contributed by atoms with van der Waals surface area (Å²) in [6.45, 7) is 6.90. The van der Waals surface area contributed by atoms with Crippen LogP contribution in [-0.4, -0.2) is 5.11 Å². The highest BCUT2D eigenvalue weighted by Gasteiger charge is 2.30. The molecule has 1 nitrogen and oxygen atoms in total. The van der Waals surface area contributed by atoms with Gasteiger partial charge < -0.3 is 5.11 Å². The van der Waals surface area contributed by atoms with E-state index in [2.05, 4.69) is 20.8 Å². The second kappa shape index (κ2) is 6.58. The number of hydrogen-bond acceptors (Lipinski definition) is 1. The van der Waals surface area contributed by atoms with Crippen molar-refractivity contribution in [1.29, 1.82) is 0 Å². The number of hydrogen-bond donors (Lipinski definition) is 1. The Labute approximate surface area is 123 Å². The van der Waals surface area contributed by atoms with E-state index >= 15 is 0 Å². The van der Waals surface area contributed by atoms with Crippen LogP contribution in [-0.2, 0) is 0 Å². The van der Waals surface area contributed by atoms with Gasteiger partial charge in [-0.3, -0.25) is 0 Å². The minimum atomic E-state index is -0.411. The lowest BCUT2D eigenvalue weighted by molar-refractivity contribution is 0.208. The molecular weight excluding hydrogens is 244 g/mol. The molecular formula is C19H28O. The number of benzene rings is 1. The highest BCUT2D eigenvalue weighted by Crippen LogP contribution is 2.44. The number of unbranched alkanes of at least 4 members (excludes halogenated alkanes) is 1. The van der Waals surface area contributed by atoms with Crippen LogP contribution in [0.5, 0.6) is 0 Å². The van der Waals surface area contributed by atoms with E-state index < -0.39 is 6.10 Å². The average Bonchev–Trinajstić information content (AvgIpc) is 2.80. The van der Waals surface area contributed by atoms with Crippen LogP contribution < -0.4 is 0 Å². The SMILES string of the molecule is CCCC/C(=C1\CCC(C)(C)C1)C(O)c1ccccc1. The van der Waals surface area contributed by atoms with Crippen molar-refractivity contribution in [3.05, 3.63) is 47.0 Å². The average molecular weight is 272 g/mol. The molecule has 0 saturated heterocycles. The minimum absolute atomic E-state index is 0.406. The summed E-state index contributed by atoms with van der Waals surface area (Å²) in [5, 5.41) is 10.8. The Kier molecular flexibility index (Phi) is 5.04. The van der Waals surface area contributed by atoms with Gasteiger partial charge in [-0.1, -0.05) is 63.1 Å². The van der Waals surface area contributed by atoms with Crippen molar-refractivity contribution in [3.63, 3.8) is 0 Å². The topological polar surface area (TPSA) is 20.2 Å². The van der Waals surface area contributed by atoms with Gasteiger partial charge in [0.15, 0.2) is 0 Å². The van der Waals surface area contributed by atoms with E-state index in [0.29, 0.717) is 5.41 Å². The van der Waals surface area contributed by atoms with Gasteiger partial charge in [-0.25, -0.2) is 0 Å². The first kappa shape index (κ1) is 15.3. The molecule has 0 bridgehead atoms. The Morgan fingerprint density at radius 3 is 2.50 bits per heavy atom. The predicted octanol–water partition coefficient (Wildman–Crippen LogP) is 5.42. The lowest BCUT2D eigenvalue weighted by Gasteiger charge is -2.20. The molecule has 1 aromatic rings. The Morgan fingerprint density at radius 1 is 1.25 bits per heavy atom. The second-order valence-electron chi connectivity index (χ2n) is 6.89. The van der Waals surface area contributed by atoms with Crippen LogP contribution in [0, 0.1) is 5.41 Å². The largest absolute Gasteiger partial charge is 0.384 e. The van der Waals surface area contributed by atoms with Gasteiger partial charge >= 0.3 is 0 Å². The Morgan fingerprint density at radius 2 is 1.95 bits per heavy atom. The molecule has 0 radical (unpaired) electrons. The molecule has 0 aliphatic heterocycles. The smallest absolute Gasteiger partial charge is 0.100 e. The van der Waals surface area contributed by atoms with Gasteiger partial charge in [0.25, 0.3) is 0 Å². The molecule has 2 rings (SSSR count). The summed E-state index contributed by atoms with van der Waals surface area (Å²) >= 11 is 0. The fourth-order valence-corrected chi connectivity index (χ4v) is 3.23. The van der Waals surface area contributed by atoms with Crippen molar-refractivity contribution in [2.75, 3.05) is 0 Å². The van der Waals surface area contributed by atoms with Gasteiger partial charge in [-0.15, -0.1) is 0 Å². The van der Waals surface area contributed by atoms with Crippen LogP contribution in [0.15, 0.2) is 41.5 Å². The standard InChI is InChI=1S/C19H28O/c1-4-5-11-17(16-12-13-19(2,3)14-16)18(20)15-9-7-6-8-10-15/h6-10,18,20H,4-5,11-14H2,1-3H3/b17-16-. The Balaban J connectivity index is 2.26. The molecule has 1 heteroatoms. The number of rotatable bonds is 5. The molecule has 20 heavy (non-hydrogen) atoms. The van der Waals surface area contributed by atoms with Gasteiger partial charge in [0.05, 0.1) is 0 Å². The molecule has 1 unspecified atom stereocenters. The molecule has 1 fully saturated rings. The molecule has 0 amide bonds. The highest BCUT2D eigenvalue weighted by molar-refractivity contribution is 5.31. The molecule has 1 aromatic carbocycles. The zero-order chi connectivity index (χ0) is 14.6. The third kappa shape index (κ3) is 3.73. The van der Waals surface area contributed by atoms with Crippen LogP contribution >= 0.6 is 0 Å². The fraction of sp³-hybridized carbons (Fsp3) is 0.579. The maximum atomic E-state index is 10.8. The van der Waals surface area contributed by atoms with Crippen molar-refractivity contribution < 1.29 is 5.11 Å². The molecule has 1 aliphatic carbocycles. The Bertz CT molecular complexity index is 456. The van der Waals surface area contributed by atoms with Crippen molar-refractivity contribution in [1.82, 2.24) is 0 Å². The summed E-state index contributed by atoms with van der Waals surface area (Å²) in [6.07, 6.45) is 6.54. The summed E-state index contributed by atoms with van der Waals surface area (Å²) < 4.78 is 0. The van der Waals surface area contributed by atoms with Crippen molar-refractivity contribution in [3.8, 4) is 0 Å². The molecule has 0 heterocycles. The van der Waals surface area contributed by atoms with Crippen LogP contribution in [0.25, 0.3) is 0 Å². The monoisotopic (exact) mass is 272 g/mol. The Hall–Kier alpha value is -1.08. The first-order valence-electron chi connectivity index (χ1n) is 7.97. The van der Waals surface area contributed by atoms with Crippen LogP contribution in [0.4, 0.5) is 0 Å². The van der Waals surface area contributed by atoms with Crippen LogP contribution in [0.1, 0.15) is 71.0 Å². The van der Waals surface area contributed by atoms with E-state index in [-0.39, 0.29) is 0 Å². The van der Waals surface area contributed by atoms with Gasteiger partial charge in [0, 0.05) is 0 Å². The lowest BCUT2D eigenvalue weighted by atomic mass is 9.88. The first-order chi connectivity index (χ1) is 9.53. The molecule has 0 aromatic heterocycles. The van der Waals surface area contributed by atoms with E-state index in [1.54, 1.807) is 0 Å². The van der Waals surface area contributed by atoms with E-state index in [4.69, 9.17) is 0 Å². The van der Waals surface area contributed by atoms with E-state index in [1.165, 1.54) is 30.4 Å². The van der Waals surface area contributed by atoms with Gasteiger partial charge in [0.2, 0.25) is 0 Å². The number of aliphatic hydroxyl groups excluding tert-OH is 1. The maximum absolute atomic E-state index is 10.8. The maximum Gasteiger partial charge on any atom is 0.100 e. The fourth-order valence-electron chi connectivity index (χ4n) is 3.23. The molecule has 1 N–H and O–H groups in total. The lowest BCUT2D eigenvalue weighted by Crippen LogP contribution is -2.07.